The molecule has 31 heavy (non-hydrogen) atoms. The summed E-state index contributed by atoms with van der Waals surface area (Å²) < 4.78 is 7.95. The molecule has 0 radical (unpaired) electrons. The lowest BCUT2D eigenvalue weighted by atomic mass is 10.1. The van der Waals surface area contributed by atoms with Crippen molar-refractivity contribution in [3.05, 3.63) is 60.8 Å². The lowest BCUT2D eigenvalue weighted by Crippen LogP contribution is -2.25. The second kappa shape index (κ2) is 10.4. The van der Waals surface area contributed by atoms with Crippen LogP contribution < -0.4 is 10.1 Å². The highest BCUT2D eigenvalue weighted by molar-refractivity contribution is 8.00. The molecular formula is C24H26N4O2S. The molecule has 0 spiro atoms. The molecule has 0 bridgehead atoms. The van der Waals surface area contributed by atoms with Gasteiger partial charge in [0.25, 0.3) is 0 Å². The van der Waals surface area contributed by atoms with Crippen molar-refractivity contribution < 1.29 is 9.53 Å². The van der Waals surface area contributed by atoms with E-state index >= 15 is 0 Å². The van der Waals surface area contributed by atoms with Gasteiger partial charge < -0.3 is 10.1 Å². The zero-order valence-corrected chi connectivity index (χ0v) is 18.5. The van der Waals surface area contributed by atoms with Crippen molar-refractivity contribution in [2.24, 2.45) is 7.05 Å². The second-order valence-corrected chi connectivity index (χ2v) is 8.50. The molecule has 1 N–H and O–H groups in total. The third-order valence-electron chi connectivity index (χ3n) is 5.22. The van der Waals surface area contributed by atoms with Gasteiger partial charge >= 0.3 is 0 Å². The number of carbonyl (C=O) groups excluding carboxylic acids is 1. The minimum absolute atomic E-state index is 0.0588. The molecule has 4 rings (SSSR count). The predicted octanol–water partition coefficient (Wildman–Crippen LogP) is 3.89. The zero-order chi connectivity index (χ0) is 21.5. The maximum absolute atomic E-state index is 12.5. The molecule has 1 aromatic heterocycles. The molecule has 0 saturated carbocycles. The molecule has 1 fully saturated rings. The van der Waals surface area contributed by atoms with Gasteiger partial charge in [0, 0.05) is 42.0 Å². The molecule has 0 unspecified atom stereocenters. The first-order valence-electron chi connectivity index (χ1n) is 10.5. The number of ether oxygens (including phenoxy) is 1. The van der Waals surface area contributed by atoms with Crippen LogP contribution in [0.2, 0.25) is 0 Å². The van der Waals surface area contributed by atoms with E-state index in [2.05, 4.69) is 27.4 Å². The molecule has 1 aliphatic heterocycles. The average Bonchev–Trinajstić information content (AvgIpc) is 3.46. The van der Waals surface area contributed by atoms with Gasteiger partial charge in [-0.15, -0.1) is 11.8 Å². The van der Waals surface area contributed by atoms with Crippen LogP contribution >= 0.6 is 11.8 Å². The van der Waals surface area contributed by atoms with E-state index < -0.39 is 0 Å². The van der Waals surface area contributed by atoms with Gasteiger partial charge in [0.05, 0.1) is 11.4 Å². The van der Waals surface area contributed by atoms with Crippen molar-refractivity contribution in [2.75, 3.05) is 37.3 Å². The van der Waals surface area contributed by atoms with Gasteiger partial charge in [0.2, 0.25) is 5.91 Å². The number of hydrogen-bond acceptors (Lipinski definition) is 5. The number of thioether (sulfide) groups is 1. The number of carbonyl (C=O) groups is 1. The van der Waals surface area contributed by atoms with E-state index in [-0.39, 0.29) is 5.91 Å². The predicted molar refractivity (Wildman–Crippen MR) is 123 cm³/mol. The number of hydrogen-bond donors (Lipinski definition) is 1. The van der Waals surface area contributed by atoms with Crippen molar-refractivity contribution in [3.8, 4) is 17.0 Å². The number of rotatable bonds is 9. The van der Waals surface area contributed by atoms with Crippen molar-refractivity contribution in [3.63, 3.8) is 0 Å². The highest BCUT2D eigenvalue weighted by atomic mass is 32.2. The summed E-state index contributed by atoms with van der Waals surface area (Å²) in [5.41, 5.74) is 2.60. The molecule has 160 valence electrons. The SMILES string of the molecule is Cn1nccc1-c1cc(NC(=O)CSc2cc#ccc2)ccc1OCCN1CCCC1. The maximum Gasteiger partial charge on any atom is 0.234 e. The number of nitrogens with one attached hydrogen (secondary N) is 1. The standard InChI is InChI=1S/C24H26N4O2S/c1-27-22(11-12-25-27)21-17-19(26-24(29)18-31-20-7-3-2-4-8-20)9-10-23(21)30-16-15-28-13-5-6-14-28/h3,7-12,17H,5-6,13-16,18H2,1H3,(H,26,29). The summed E-state index contributed by atoms with van der Waals surface area (Å²) in [7, 11) is 1.90. The van der Waals surface area contributed by atoms with Crippen molar-refractivity contribution >= 4 is 23.4 Å². The van der Waals surface area contributed by atoms with Crippen LogP contribution in [0, 0.1) is 12.1 Å². The smallest absolute Gasteiger partial charge is 0.234 e. The highest BCUT2D eigenvalue weighted by Gasteiger charge is 2.15. The van der Waals surface area contributed by atoms with E-state index in [1.807, 2.05) is 48.1 Å². The quantitative estimate of drug-likeness (QED) is 0.518. The normalized spacial score (nSPS) is 13.7. The molecule has 0 atom stereocenters. The number of amides is 1. The van der Waals surface area contributed by atoms with Gasteiger partial charge in [-0.05, 0) is 62.3 Å². The maximum atomic E-state index is 12.5. The Bertz CT molecular complexity index is 1000. The summed E-state index contributed by atoms with van der Waals surface area (Å²) >= 11 is 1.47. The Morgan fingerprint density at radius 1 is 1.23 bits per heavy atom. The number of aryl methyl sites for hydroxylation is 1. The topological polar surface area (TPSA) is 59.4 Å². The van der Waals surface area contributed by atoms with Crippen molar-refractivity contribution in [1.29, 1.82) is 0 Å². The van der Waals surface area contributed by atoms with Gasteiger partial charge in [0.15, 0.2) is 0 Å². The van der Waals surface area contributed by atoms with Crippen molar-refractivity contribution in [2.45, 2.75) is 17.7 Å². The third-order valence-corrected chi connectivity index (χ3v) is 6.22. The minimum atomic E-state index is -0.0588. The number of likely N-dealkylation sites (tertiary alicyclic amines) is 1. The minimum Gasteiger partial charge on any atom is -0.492 e. The number of aromatic nitrogens is 2. The zero-order valence-electron chi connectivity index (χ0n) is 17.6. The Hall–Kier alpha value is -2.95. The van der Waals surface area contributed by atoms with Crippen LogP contribution in [0.25, 0.3) is 11.3 Å². The molecule has 3 aromatic rings. The monoisotopic (exact) mass is 434 g/mol. The Morgan fingerprint density at radius 3 is 2.84 bits per heavy atom. The molecule has 1 saturated heterocycles. The second-order valence-electron chi connectivity index (χ2n) is 7.45. The van der Waals surface area contributed by atoms with Crippen LogP contribution in [0.1, 0.15) is 12.8 Å². The number of benzene rings is 1. The van der Waals surface area contributed by atoms with Crippen molar-refractivity contribution in [1.82, 2.24) is 14.7 Å². The van der Waals surface area contributed by atoms with Crippen LogP contribution in [0.15, 0.2) is 53.6 Å². The summed E-state index contributed by atoms with van der Waals surface area (Å²) in [6.45, 7) is 3.87. The van der Waals surface area contributed by atoms with Crippen LogP contribution in [0.3, 0.4) is 0 Å². The number of anilines is 1. The van der Waals surface area contributed by atoms with Crippen LogP contribution in [-0.2, 0) is 11.8 Å². The Labute approximate surface area is 187 Å². The van der Waals surface area contributed by atoms with E-state index in [0.717, 1.165) is 47.2 Å². The fourth-order valence-corrected chi connectivity index (χ4v) is 4.31. The summed E-state index contributed by atoms with van der Waals surface area (Å²) in [4.78, 5) is 15.9. The summed E-state index contributed by atoms with van der Waals surface area (Å²) in [5, 5.41) is 7.28. The summed E-state index contributed by atoms with van der Waals surface area (Å²) in [5.74, 6) is 1.07. The Morgan fingerprint density at radius 2 is 2.10 bits per heavy atom. The lowest BCUT2D eigenvalue weighted by molar-refractivity contribution is -0.113. The Balaban J connectivity index is 1.43. The van der Waals surface area contributed by atoms with Crippen LogP contribution in [0.5, 0.6) is 5.75 Å². The van der Waals surface area contributed by atoms with Gasteiger partial charge in [-0.3, -0.25) is 14.4 Å². The van der Waals surface area contributed by atoms with Gasteiger partial charge in [-0.25, -0.2) is 0 Å². The molecule has 7 heteroatoms. The van der Waals surface area contributed by atoms with Crippen LogP contribution in [-0.4, -0.2) is 52.6 Å². The summed E-state index contributed by atoms with van der Waals surface area (Å²) in [6.07, 6.45) is 4.31. The highest BCUT2D eigenvalue weighted by Crippen LogP contribution is 2.32. The van der Waals surface area contributed by atoms with E-state index in [4.69, 9.17) is 4.74 Å². The third kappa shape index (κ3) is 5.81. The molecule has 2 aromatic carbocycles. The molecule has 0 aliphatic carbocycles. The molecule has 1 amide bonds. The fraction of sp³-hybridized carbons (Fsp3) is 0.333. The first kappa shape index (κ1) is 21.3. The average molecular weight is 435 g/mol. The van der Waals surface area contributed by atoms with E-state index in [0.29, 0.717) is 12.4 Å². The fourth-order valence-electron chi connectivity index (χ4n) is 3.63. The molecule has 2 heterocycles. The first-order chi connectivity index (χ1) is 15.2. The van der Waals surface area contributed by atoms with E-state index in [1.54, 1.807) is 12.3 Å². The van der Waals surface area contributed by atoms with Gasteiger partial charge in [-0.2, -0.15) is 5.10 Å². The number of nitrogens with zero attached hydrogens (tertiary/aromatic N) is 3. The van der Waals surface area contributed by atoms with E-state index in [9.17, 15) is 4.79 Å². The first-order valence-corrected chi connectivity index (χ1v) is 11.5. The van der Waals surface area contributed by atoms with E-state index in [1.165, 1.54) is 24.6 Å². The van der Waals surface area contributed by atoms with Gasteiger partial charge in [-0.1, -0.05) is 12.1 Å². The van der Waals surface area contributed by atoms with Gasteiger partial charge in [0.1, 0.15) is 12.4 Å². The lowest BCUT2D eigenvalue weighted by Gasteiger charge is -2.17. The largest absolute Gasteiger partial charge is 0.492 e. The Kier molecular flexibility index (Phi) is 7.13. The molecular weight excluding hydrogens is 408 g/mol. The molecule has 6 nitrogen and oxygen atoms in total. The molecule has 1 aliphatic rings. The van der Waals surface area contributed by atoms with Crippen LogP contribution in [0.4, 0.5) is 5.69 Å². The summed E-state index contributed by atoms with van der Waals surface area (Å²) in [6, 6.07) is 19.0.